The van der Waals surface area contributed by atoms with Crippen LogP contribution >= 0.6 is 11.3 Å². The molecule has 4 nitrogen and oxygen atoms in total. The minimum Gasteiger partial charge on any atom is -0.467 e. The lowest BCUT2D eigenvalue weighted by atomic mass is 10.0. The molecule has 0 unspecified atom stereocenters. The quantitative estimate of drug-likeness (QED) is 0.410. The first-order chi connectivity index (χ1) is 15.2. The Bertz CT molecular complexity index is 1200. The number of rotatable bonds is 4. The summed E-state index contributed by atoms with van der Waals surface area (Å²) < 4.78 is 20.6. The lowest BCUT2D eigenvalue weighted by Gasteiger charge is -2.31. The molecular weight excluding hydrogens is 411 g/mol. The lowest BCUT2D eigenvalue weighted by molar-refractivity contribution is 0.0595. The summed E-state index contributed by atoms with van der Waals surface area (Å²) >= 11 is 1.35. The molecule has 0 spiro atoms. The molecule has 0 atom stereocenters. The van der Waals surface area contributed by atoms with Gasteiger partial charge in [0.1, 0.15) is 17.4 Å². The van der Waals surface area contributed by atoms with Crippen LogP contribution in [0.25, 0.3) is 21.3 Å². The first kappa shape index (κ1) is 19.7. The monoisotopic (exact) mass is 432 g/mol. The maximum atomic E-state index is 13.8. The summed E-state index contributed by atoms with van der Waals surface area (Å²) in [5.41, 5.74) is 3.28. The van der Waals surface area contributed by atoms with E-state index in [1.165, 1.54) is 17.4 Å². The molecule has 4 aromatic rings. The number of benzene rings is 3. The lowest BCUT2D eigenvalue weighted by Crippen LogP contribution is -2.41. The van der Waals surface area contributed by atoms with Crippen LogP contribution in [0, 0.1) is 5.82 Å². The van der Waals surface area contributed by atoms with E-state index in [-0.39, 0.29) is 17.8 Å². The van der Waals surface area contributed by atoms with Crippen LogP contribution in [0.15, 0.2) is 72.8 Å². The van der Waals surface area contributed by atoms with Gasteiger partial charge in [0.2, 0.25) is 0 Å². The van der Waals surface area contributed by atoms with Gasteiger partial charge in [-0.25, -0.2) is 4.39 Å². The molecule has 1 amide bonds. The SMILES string of the molecule is O=C(c1ccc(-c2ccccc2)cc1)N1CCC(Oc2nc3c(F)cccc3s2)CC1. The zero-order chi connectivity index (χ0) is 21.2. The third kappa shape index (κ3) is 4.16. The Morgan fingerprint density at radius 3 is 2.35 bits per heavy atom. The summed E-state index contributed by atoms with van der Waals surface area (Å²) in [5.74, 6) is -0.289. The first-order valence-corrected chi connectivity index (χ1v) is 11.2. The number of likely N-dealkylation sites (tertiary alicyclic amines) is 1. The van der Waals surface area contributed by atoms with Crippen molar-refractivity contribution >= 4 is 27.5 Å². The van der Waals surface area contributed by atoms with Gasteiger partial charge in [0.05, 0.1) is 4.70 Å². The normalized spacial score (nSPS) is 14.7. The summed E-state index contributed by atoms with van der Waals surface area (Å²) in [7, 11) is 0. The number of fused-ring (bicyclic) bond motifs is 1. The second-order valence-electron chi connectivity index (χ2n) is 7.62. The molecule has 3 aromatic carbocycles. The third-order valence-electron chi connectivity index (χ3n) is 5.59. The Hall–Kier alpha value is -3.25. The standard InChI is InChI=1S/C25H21FN2O2S/c26-21-7-4-8-22-23(21)27-25(31-22)30-20-13-15-28(16-14-20)24(29)19-11-9-18(10-12-19)17-5-2-1-3-6-17/h1-12,20H,13-16H2. The van der Waals surface area contributed by atoms with Crippen molar-refractivity contribution in [3.8, 4) is 16.3 Å². The maximum Gasteiger partial charge on any atom is 0.274 e. The molecule has 1 aromatic heterocycles. The first-order valence-electron chi connectivity index (χ1n) is 10.3. The molecule has 1 aliphatic rings. The Labute approximate surface area is 183 Å². The number of para-hydroxylation sites is 1. The summed E-state index contributed by atoms with van der Waals surface area (Å²) in [5, 5.41) is 0.487. The van der Waals surface area contributed by atoms with Crippen molar-refractivity contribution in [1.82, 2.24) is 9.88 Å². The highest BCUT2D eigenvalue weighted by molar-refractivity contribution is 7.20. The van der Waals surface area contributed by atoms with Crippen molar-refractivity contribution in [2.75, 3.05) is 13.1 Å². The van der Waals surface area contributed by atoms with Gasteiger partial charge in [0.25, 0.3) is 11.1 Å². The minimum atomic E-state index is -0.331. The summed E-state index contributed by atoms with van der Waals surface area (Å²) in [6, 6.07) is 22.8. The minimum absolute atomic E-state index is 0.0202. The number of halogens is 1. The molecular formula is C25H21FN2O2S. The molecule has 6 heteroatoms. The Morgan fingerprint density at radius 2 is 1.65 bits per heavy atom. The molecule has 1 aliphatic heterocycles. The van der Waals surface area contributed by atoms with Crippen molar-refractivity contribution in [2.24, 2.45) is 0 Å². The van der Waals surface area contributed by atoms with Gasteiger partial charge in [0.15, 0.2) is 0 Å². The van der Waals surface area contributed by atoms with Gasteiger partial charge in [0, 0.05) is 31.5 Å². The molecule has 0 N–H and O–H groups in total. The number of aromatic nitrogens is 1. The summed E-state index contributed by atoms with van der Waals surface area (Å²) in [6.45, 7) is 1.26. The fourth-order valence-electron chi connectivity index (χ4n) is 3.88. The van der Waals surface area contributed by atoms with Crippen LogP contribution in [0.4, 0.5) is 4.39 Å². The van der Waals surface area contributed by atoms with Crippen LogP contribution in [0.1, 0.15) is 23.2 Å². The van der Waals surface area contributed by atoms with E-state index in [0.29, 0.717) is 29.4 Å². The highest BCUT2D eigenvalue weighted by Gasteiger charge is 2.25. The highest BCUT2D eigenvalue weighted by Crippen LogP contribution is 2.31. The van der Waals surface area contributed by atoms with Gasteiger partial charge in [-0.2, -0.15) is 4.98 Å². The van der Waals surface area contributed by atoms with Crippen LogP contribution in [0.3, 0.4) is 0 Å². The summed E-state index contributed by atoms with van der Waals surface area (Å²) in [6.07, 6.45) is 1.44. The molecule has 156 valence electrons. The number of piperidine rings is 1. The maximum absolute atomic E-state index is 13.8. The van der Waals surface area contributed by atoms with Gasteiger partial charge in [-0.3, -0.25) is 4.79 Å². The smallest absolute Gasteiger partial charge is 0.274 e. The third-order valence-corrected chi connectivity index (χ3v) is 6.50. The zero-order valence-corrected chi connectivity index (χ0v) is 17.6. The number of amides is 1. The zero-order valence-electron chi connectivity index (χ0n) is 16.8. The fraction of sp³-hybridized carbons (Fsp3) is 0.200. The molecule has 1 saturated heterocycles. The molecule has 0 aliphatic carbocycles. The van der Waals surface area contributed by atoms with Crippen LogP contribution in [-0.2, 0) is 0 Å². The van der Waals surface area contributed by atoms with Gasteiger partial charge in [-0.05, 0) is 35.4 Å². The Kier molecular flexibility index (Phi) is 5.38. The van der Waals surface area contributed by atoms with Gasteiger partial charge in [-0.15, -0.1) is 0 Å². The fourth-order valence-corrected chi connectivity index (χ4v) is 4.78. The highest BCUT2D eigenvalue weighted by atomic mass is 32.1. The van der Waals surface area contributed by atoms with Crippen molar-refractivity contribution in [3.63, 3.8) is 0 Å². The van der Waals surface area contributed by atoms with Crippen molar-refractivity contribution in [3.05, 3.63) is 84.2 Å². The van der Waals surface area contributed by atoms with E-state index >= 15 is 0 Å². The van der Waals surface area contributed by atoms with E-state index in [1.807, 2.05) is 53.4 Å². The van der Waals surface area contributed by atoms with E-state index in [0.717, 1.165) is 28.7 Å². The molecule has 2 heterocycles. The molecule has 0 saturated carbocycles. The number of nitrogens with zero attached hydrogens (tertiary/aromatic N) is 2. The topological polar surface area (TPSA) is 42.4 Å². The van der Waals surface area contributed by atoms with Gasteiger partial charge in [-0.1, -0.05) is 59.9 Å². The average Bonchev–Trinajstić information content (AvgIpc) is 3.24. The molecule has 0 bridgehead atoms. The van der Waals surface area contributed by atoms with Crippen LogP contribution in [-0.4, -0.2) is 35.0 Å². The molecule has 5 rings (SSSR count). The number of hydrogen-bond donors (Lipinski definition) is 0. The average molecular weight is 433 g/mol. The predicted molar refractivity (Wildman–Crippen MR) is 121 cm³/mol. The second kappa shape index (κ2) is 8.47. The van der Waals surface area contributed by atoms with E-state index < -0.39 is 0 Å². The number of thiazole rings is 1. The largest absolute Gasteiger partial charge is 0.467 e. The van der Waals surface area contributed by atoms with E-state index in [9.17, 15) is 9.18 Å². The van der Waals surface area contributed by atoms with Crippen molar-refractivity contribution in [2.45, 2.75) is 18.9 Å². The molecule has 1 fully saturated rings. The van der Waals surface area contributed by atoms with Gasteiger partial charge >= 0.3 is 0 Å². The van der Waals surface area contributed by atoms with Gasteiger partial charge < -0.3 is 9.64 Å². The Morgan fingerprint density at radius 1 is 0.935 bits per heavy atom. The van der Waals surface area contributed by atoms with Crippen LogP contribution in [0.2, 0.25) is 0 Å². The van der Waals surface area contributed by atoms with Crippen molar-refractivity contribution in [1.29, 1.82) is 0 Å². The number of hydrogen-bond acceptors (Lipinski definition) is 4. The van der Waals surface area contributed by atoms with Crippen LogP contribution in [0.5, 0.6) is 5.19 Å². The second-order valence-corrected chi connectivity index (χ2v) is 8.61. The number of carbonyl (C=O) groups excluding carboxylic acids is 1. The van der Waals surface area contributed by atoms with E-state index in [4.69, 9.17) is 4.74 Å². The predicted octanol–water partition coefficient (Wildman–Crippen LogP) is 5.79. The Balaban J connectivity index is 1.20. The van der Waals surface area contributed by atoms with E-state index in [2.05, 4.69) is 17.1 Å². The number of carbonyl (C=O) groups is 1. The summed E-state index contributed by atoms with van der Waals surface area (Å²) in [4.78, 5) is 19.1. The molecule has 31 heavy (non-hydrogen) atoms. The van der Waals surface area contributed by atoms with Crippen molar-refractivity contribution < 1.29 is 13.9 Å². The number of ether oxygens (including phenoxy) is 1. The molecule has 0 radical (unpaired) electrons. The van der Waals surface area contributed by atoms with E-state index in [1.54, 1.807) is 6.07 Å². The van der Waals surface area contributed by atoms with Crippen LogP contribution < -0.4 is 4.74 Å².